The molecule has 0 spiro atoms. The van der Waals surface area contributed by atoms with Crippen molar-refractivity contribution >= 4 is 45.5 Å². The van der Waals surface area contributed by atoms with Crippen LogP contribution in [0.3, 0.4) is 0 Å². The van der Waals surface area contributed by atoms with E-state index in [4.69, 9.17) is 0 Å². The van der Waals surface area contributed by atoms with E-state index in [2.05, 4.69) is 5.10 Å². The minimum absolute atomic E-state index is 0. The first-order valence-electron chi connectivity index (χ1n) is 8.14. The molecule has 2 aromatic rings. The predicted molar refractivity (Wildman–Crippen MR) is 96.4 cm³/mol. The van der Waals surface area contributed by atoms with E-state index in [9.17, 15) is 26.4 Å². The molecular formula is C16H18F3N4NaO3S. The molecule has 0 aliphatic heterocycles. The average molecular weight is 426 g/mol. The van der Waals surface area contributed by atoms with E-state index < -0.39 is 27.8 Å². The summed E-state index contributed by atoms with van der Waals surface area (Å²) < 4.78 is 64.5. The van der Waals surface area contributed by atoms with Crippen LogP contribution in [-0.2, 0) is 21.0 Å². The van der Waals surface area contributed by atoms with Crippen molar-refractivity contribution in [2.75, 3.05) is 0 Å². The normalized spacial score (nSPS) is 14.9. The number of hydrogen-bond donors (Lipinski definition) is 2. The fourth-order valence-corrected chi connectivity index (χ4v) is 3.59. The molecule has 1 aromatic heterocycles. The number of hydrogen-bond acceptors (Lipinski definition) is 4. The van der Waals surface area contributed by atoms with Gasteiger partial charge in [-0.2, -0.15) is 18.3 Å². The van der Waals surface area contributed by atoms with Gasteiger partial charge in [0.1, 0.15) is 0 Å². The summed E-state index contributed by atoms with van der Waals surface area (Å²) in [5.74, 6) is -0.588. The quantitative estimate of drug-likeness (QED) is 0.564. The van der Waals surface area contributed by atoms with Gasteiger partial charge in [0.2, 0.25) is 5.91 Å². The minimum atomic E-state index is -4.56. The van der Waals surface area contributed by atoms with Gasteiger partial charge in [-0.3, -0.25) is 10.2 Å². The van der Waals surface area contributed by atoms with Crippen LogP contribution in [0.2, 0.25) is 0 Å². The zero-order chi connectivity index (χ0) is 19.8. The SMILES string of the molecule is CC(=O)NNS(=O)(=O)c1ccc(-n2nc(C(F)(F)F)cc2C2CCC2)cc1.[NaH]. The number of carbonyl (C=O) groups excluding carboxylic acids is 1. The second-order valence-electron chi connectivity index (χ2n) is 6.27. The molecule has 0 saturated heterocycles. The number of benzene rings is 1. The van der Waals surface area contributed by atoms with Gasteiger partial charge in [0.25, 0.3) is 10.0 Å². The van der Waals surface area contributed by atoms with Gasteiger partial charge in [-0.05, 0) is 43.2 Å². The van der Waals surface area contributed by atoms with Gasteiger partial charge in [-0.1, -0.05) is 6.42 Å². The first kappa shape index (κ1) is 22.9. The molecule has 3 rings (SSSR count). The Balaban J connectivity index is 0.00000280. The van der Waals surface area contributed by atoms with Crippen molar-refractivity contribution in [1.82, 2.24) is 20.0 Å². The number of nitrogens with one attached hydrogen (secondary N) is 2. The first-order chi connectivity index (χ1) is 12.6. The van der Waals surface area contributed by atoms with E-state index in [1.807, 2.05) is 10.3 Å². The average Bonchev–Trinajstić information content (AvgIpc) is 2.96. The van der Waals surface area contributed by atoms with Crippen LogP contribution in [0.4, 0.5) is 13.2 Å². The number of nitrogens with zero attached hydrogens (tertiary/aromatic N) is 2. The molecule has 0 atom stereocenters. The Kier molecular flexibility index (Phi) is 6.98. The summed E-state index contributed by atoms with van der Waals surface area (Å²) in [6.07, 6.45) is -2.04. The van der Waals surface area contributed by atoms with Crippen molar-refractivity contribution < 1.29 is 26.4 Å². The monoisotopic (exact) mass is 426 g/mol. The van der Waals surface area contributed by atoms with Crippen LogP contribution in [0, 0.1) is 0 Å². The standard InChI is InChI=1S/C16H17F3N4O3S.Na.H/c1-10(24)20-22-27(25,26)13-7-5-12(6-8-13)23-14(11-3-2-4-11)9-15(21-23)16(17,18)19;;/h5-9,11,22H,2-4H2,1H3,(H,20,24);;. The van der Waals surface area contributed by atoms with Gasteiger partial charge >= 0.3 is 35.7 Å². The molecule has 148 valence electrons. The zero-order valence-corrected chi connectivity index (χ0v) is 15.1. The molecule has 1 aliphatic carbocycles. The fourth-order valence-electron chi connectivity index (χ4n) is 2.70. The van der Waals surface area contributed by atoms with Crippen molar-refractivity contribution in [1.29, 1.82) is 0 Å². The van der Waals surface area contributed by atoms with Crippen LogP contribution in [-0.4, -0.2) is 53.7 Å². The van der Waals surface area contributed by atoms with E-state index in [-0.39, 0.29) is 40.4 Å². The van der Waals surface area contributed by atoms with Crippen LogP contribution in [0.1, 0.15) is 43.5 Å². The molecule has 28 heavy (non-hydrogen) atoms. The zero-order valence-electron chi connectivity index (χ0n) is 14.2. The molecule has 12 heteroatoms. The maximum absolute atomic E-state index is 13.1. The molecule has 7 nitrogen and oxygen atoms in total. The van der Waals surface area contributed by atoms with Gasteiger partial charge in [0.05, 0.1) is 10.6 Å². The Hall–Kier alpha value is -1.40. The summed E-state index contributed by atoms with van der Waals surface area (Å²) in [4.78, 5) is 12.6. The fraction of sp³-hybridized carbons (Fsp3) is 0.375. The maximum atomic E-state index is 13.1. The third kappa shape index (κ3) is 4.95. The van der Waals surface area contributed by atoms with Crippen LogP contribution in [0.25, 0.3) is 5.69 Å². The molecule has 1 saturated carbocycles. The molecule has 2 N–H and O–H groups in total. The van der Waals surface area contributed by atoms with E-state index >= 15 is 0 Å². The van der Waals surface area contributed by atoms with Crippen molar-refractivity contribution in [3.8, 4) is 5.69 Å². The summed E-state index contributed by atoms with van der Waals surface area (Å²) in [6.45, 7) is 1.14. The molecule has 0 unspecified atom stereocenters. The molecule has 0 bridgehead atoms. The molecule has 1 amide bonds. The van der Waals surface area contributed by atoms with E-state index in [0.29, 0.717) is 11.4 Å². The van der Waals surface area contributed by atoms with Gasteiger partial charge in [-0.15, -0.1) is 4.83 Å². The van der Waals surface area contributed by atoms with Crippen molar-refractivity contribution in [3.63, 3.8) is 0 Å². The number of carbonyl (C=O) groups is 1. The van der Waals surface area contributed by atoms with Gasteiger partial charge < -0.3 is 0 Å². The Morgan fingerprint density at radius 2 is 1.82 bits per heavy atom. The van der Waals surface area contributed by atoms with E-state index in [1.165, 1.54) is 28.9 Å². The van der Waals surface area contributed by atoms with Gasteiger partial charge in [-0.25, -0.2) is 13.1 Å². The molecule has 0 radical (unpaired) electrons. The molecule has 1 fully saturated rings. The Morgan fingerprint density at radius 1 is 1.21 bits per heavy atom. The summed E-state index contributed by atoms with van der Waals surface area (Å²) in [5.41, 5.74) is 1.78. The van der Waals surface area contributed by atoms with Crippen LogP contribution in [0.15, 0.2) is 35.2 Å². The van der Waals surface area contributed by atoms with Crippen molar-refractivity contribution in [2.45, 2.75) is 43.2 Å². The summed E-state index contributed by atoms with van der Waals surface area (Å²) in [5, 5.41) is 3.68. The number of halogens is 3. The summed E-state index contributed by atoms with van der Waals surface area (Å²) >= 11 is 0. The third-order valence-corrected chi connectivity index (χ3v) is 5.57. The van der Waals surface area contributed by atoms with Crippen LogP contribution < -0.4 is 10.3 Å². The number of aromatic nitrogens is 2. The molecular weight excluding hydrogens is 408 g/mol. The third-order valence-electron chi connectivity index (χ3n) is 4.30. The number of hydrazine groups is 1. The number of alkyl halides is 3. The number of amides is 1. The van der Waals surface area contributed by atoms with Gasteiger partial charge in [0, 0.05) is 18.5 Å². The first-order valence-corrected chi connectivity index (χ1v) is 9.62. The van der Waals surface area contributed by atoms with Crippen molar-refractivity contribution in [2.24, 2.45) is 0 Å². The summed E-state index contributed by atoms with van der Waals surface area (Å²) in [6, 6.07) is 6.26. The molecule has 1 heterocycles. The molecule has 1 aliphatic rings. The second-order valence-corrected chi connectivity index (χ2v) is 7.95. The van der Waals surface area contributed by atoms with Crippen molar-refractivity contribution in [3.05, 3.63) is 41.7 Å². The van der Waals surface area contributed by atoms with Gasteiger partial charge in [0.15, 0.2) is 5.69 Å². The van der Waals surface area contributed by atoms with Crippen LogP contribution >= 0.6 is 0 Å². The van der Waals surface area contributed by atoms with Crippen LogP contribution in [0.5, 0.6) is 0 Å². The molecule has 1 aromatic carbocycles. The number of rotatable bonds is 5. The van der Waals surface area contributed by atoms with E-state index in [1.54, 1.807) is 0 Å². The summed E-state index contributed by atoms with van der Waals surface area (Å²) in [7, 11) is -3.98. The predicted octanol–water partition coefficient (Wildman–Crippen LogP) is 1.84. The Morgan fingerprint density at radius 3 is 2.29 bits per heavy atom. The topological polar surface area (TPSA) is 93.1 Å². The second kappa shape index (κ2) is 8.54. The Labute approximate surface area is 182 Å². The Bertz CT molecular complexity index is 955. The van der Waals surface area contributed by atoms with E-state index in [0.717, 1.165) is 32.3 Å². The number of sulfonamides is 1.